The Morgan fingerprint density at radius 3 is 2.53 bits per heavy atom. The van der Waals surface area contributed by atoms with Crippen LogP contribution in [-0.4, -0.2) is 50.6 Å². The first-order valence-electron chi connectivity index (χ1n) is 5.03. The van der Waals surface area contributed by atoms with Crippen molar-refractivity contribution in [1.29, 1.82) is 0 Å². The highest BCUT2D eigenvalue weighted by Crippen LogP contribution is 2.26. The maximum Gasteiger partial charge on any atom is 0.148 e. The van der Waals surface area contributed by atoms with Gasteiger partial charge in [0.1, 0.15) is 17.7 Å². The van der Waals surface area contributed by atoms with Gasteiger partial charge in [0.25, 0.3) is 0 Å². The molecular formula is C10H13N3O3S. The van der Waals surface area contributed by atoms with E-state index in [4.69, 9.17) is 0 Å². The molecule has 0 atom stereocenters. The van der Waals surface area contributed by atoms with Gasteiger partial charge in [0.2, 0.25) is 0 Å². The van der Waals surface area contributed by atoms with E-state index in [-0.39, 0.29) is 0 Å². The molecule has 0 aromatic carbocycles. The van der Waals surface area contributed by atoms with Gasteiger partial charge in [-0.2, -0.15) is 0 Å². The number of nitrogens with one attached hydrogen (secondary N) is 1. The predicted octanol–water partition coefficient (Wildman–Crippen LogP) is -0.181. The molecule has 2 aromatic heterocycles. The Morgan fingerprint density at radius 2 is 1.88 bits per heavy atom. The van der Waals surface area contributed by atoms with Crippen molar-refractivity contribution in [3.8, 4) is 0 Å². The van der Waals surface area contributed by atoms with Crippen molar-refractivity contribution in [2.45, 2.75) is 5.54 Å². The molecule has 0 bridgehead atoms. The molecule has 0 aliphatic carbocycles. The third-order valence-corrected chi connectivity index (χ3v) is 3.45. The Balaban J connectivity index is 2.37. The highest BCUT2D eigenvalue weighted by Gasteiger charge is 2.29. The summed E-state index contributed by atoms with van der Waals surface area (Å²) in [4.78, 5) is 8.14. The van der Waals surface area contributed by atoms with Gasteiger partial charge in [0.15, 0.2) is 0 Å². The van der Waals surface area contributed by atoms with E-state index in [2.05, 4.69) is 15.3 Å². The number of aromatic nitrogens is 2. The zero-order valence-electron chi connectivity index (χ0n) is 9.00. The third-order valence-electron chi connectivity index (χ3n) is 2.53. The summed E-state index contributed by atoms with van der Waals surface area (Å²) < 4.78 is 0.826. The lowest BCUT2D eigenvalue weighted by Crippen LogP contribution is -2.49. The van der Waals surface area contributed by atoms with Crippen LogP contribution in [0.15, 0.2) is 17.8 Å². The van der Waals surface area contributed by atoms with Gasteiger partial charge in [0, 0.05) is 0 Å². The summed E-state index contributed by atoms with van der Waals surface area (Å²) in [5, 5.41) is 32.5. The van der Waals surface area contributed by atoms with E-state index in [1.165, 1.54) is 17.7 Å². The SMILES string of the molecule is OCC(CO)(CO)Nc1ncnc2ccsc12. The molecule has 6 nitrogen and oxygen atoms in total. The van der Waals surface area contributed by atoms with Crippen molar-refractivity contribution in [3.05, 3.63) is 17.8 Å². The van der Waals surface area contributed by atoms with Crippen molar-refractivity contribution < 1.29 is 15.3 Å². The Bertz CT molecular complexity index is 490. The van der Waals surface area contributed by atoms with Gasteiger partial charge in [-0.3, -0.25) is 0 Å². The standard InChI is InChI=1S/C10H13N3O3S/c14-3-10(4-15,5-16)13-9-8-7(1-2-17-8)11-6-12-9/h1-2,6,14-16H,3-5H2,(H,11,12,13). The zero-order valence-corrected chi connectivity index (χ0v) is 9.81. The second-order valence-electron chi connectivity index (χ2n) is 3.74. The molecular weight excluding hydrogens is 242 g/mol. The molecule has 0 aliphatic rings. The zero-order chi connectivity index (χ0) is 12.3. The van der Waals surface area contributed by atoms with Crippen LogP contribution in [0.25, 0.3) is 10.2 Å². The van der Waals surface area contributed by atoms with Crippen LogP contribution < -0.4 is 5.32 Å². The number of rotatable bonds is 5. The van der Waals surface area contributed by atoms with Crippen molar-refractivity contribution in [2.75, 3.05) is 25.1 Å². The molecule has 2 heterocycles. The Kier molecular flexibility index (Phi) is 3.53. The molecule has 0 amide bonds. The molecule has 0 spiro atoms. The molecule has 92 valence electrons. The molecule has 0 radical (unpaired) electrons. The average molecular weight is 255 g/mol. The van der Waals surface area contributed by atoms with Gasteiger partial charge in [-0.25, -0.2) is 9.97 Å². The Hall–Kier alpha value is -1.28. The quantitative estimate of drug-likeness (QED) is 0.591. The van der Waals surface area contributed by atoms with E-state index < -0.39 is 25.4 Å². The van der Waals surface area contributed by atoms with Crippen molar-refractivity contribution >= 4 is 27.4 Å². The van der Waals surface area contributed by atoms with Gasteiger partial charge in [-0.15, -0.1) is 11.3 Å². The van der Waals surface area contributed by atoms with E-state index in [1.807, 2.05) is 11.4 Å². The number of hydrogen-bond donors (Lipinski definition) is 4. The summed E-state index contributed by atoms with van der Waals surface area (Å²) in [7, 11) is 0. The minimum atomic E-state index is -1.18. The van der Waals surface area contributed by atoms with Gasteiger partial charge in [-0.05, 0) is 11.4 Å². The van der Waals surface area contributed by atoms with Crippen LogP contribution in [0.1, 0.15) is 0 Å². The summed E-state index contributed by atoms with van der Waals surface area (Å²) in [6, 6.07) is 1.85. The van der Waals surface area contributed by atoms with E-state index >= 15 is 0 Å². The summed E-state index contributed by atoms with van der Waals surface area (Å²) in [6.07, 6.45) is 1.40. The van der Waals surface area contributed by atoms with Gasteiger partial charge in [-0.1, -0.05) is 0 Å². The lowest BCUT2D eigenvalue weighted by atomic mass is 10.0. The summed E-state index contributed by atoms with van der Waals surface area (Å²) in [6.45, 7) is -1.18. The Morgan fingerprint density at radius 1 is 1.18 bits per heavy atom. The van der Waals surface area contributed by atoms with Crippen LogP contribution in [0.3, 0.4) is 0 Å². The fourth-order valence-corrected chi connectivity index (χ4v) is 2.19. The largest absolute Gasteiger partial charge is 0.394 e. The van der Waals surface area contributed by atoms with Crippen LogP contribution in [0.5, 0.6) is 0 Å². The van der Waals surface area contributed by atoms with E-state index in [1.54, 1.807) is 0 Å². The second-order valence-corrected chi connectivity index (χ2v) is 4.65. The number of hydrogen-bond acceptors (Lipinski definition) is 7. The van der Waals surface area contributed by atoms with E-state index in [9.17, 15) is 15.3 Å². The normalized spacial score (nSPS) is 11.9. The number of aliphatic hydroxyl groups excluding tert-OH is 3. The number of anilines is 1. The average Bonchev–Trinajstić information content (AvgIpc) is 2.85. The molecule has 2 aromatic rings. The lowest BCUT2D eigenvalue weighted by molar-refractivity contribution is 0.0832. The molecule has 7 heteroatoms. The molecule has 0 aliphatic heterocycles. The number of fused-ring (bicyclic) bond motifs is 1. The van der Waals surface area contributed by atoms with E-state index in [0.717, 1.165) is 10.2 Å². The minimum absolute atomic E-state index is 0.392. The third kappa shape index (κ3) is 2.22. The van der Waals surface area contributed by atoms with Crippen molar-refractivity contribution in [3.63, 3.8) is 0 Å². The fourth-order valence-electron chi connectivity index (χ4n) is 1.40. The number of nitrogens with zero attached hydrogens (tertiary/aromatic N) is 2. The van der Waals surface area contributed by atoms with Crippen molar-refractivity contribution in [1.82, 2.24) is 9.97 Å². The smallest absolute Gasteiger partial charge is 0.148 e. The minimum Gasteiger partial charge on any atom is -0.394 e. The topological polar surface area (TPSA) is 98.5 Å². The first-order valence-corrected chi connectivity index (χ1v) is 5.91. The molecule has 0 saturated heterocycles. The van der Waals surface area contributed by atoms with Crippen LogP contribution in [-0.2, 0) is 0 Å². The van der Waals surface area contributed by atoms with Crippen LogP contribution in [0.4, 0.5) is 5.82 Å². The lowest BCUT2D eigenvalue weighted by Gasteiger charge is -2.29. The monoisotopic (exact) mass is 255 g/mol. The number of aliphatic hydroxyl groups is 3. The van der Waals surface area contributed by atoms with E-state index in [0.29, 0.717) is 5.82 Å². The van der Waals surface area contributed by atoms with Crippen molar-refractivity contribution in [2.24, 2.45) is 0 Å². The maximum atomic E-state index is 9.24. The Labute approximate surface area is 102 Å². The predicted molar refractivity (Wildman–Crippen MR) is 65.0 cm³/mol. The fraction of sp³-hybridized carbons (Fsp3) is 0.400. The highest BCUT2D eigenvalue weighted by atomic mass is 32.1. The van der Waals surface area contributed by atoms with Gasteiger partial charge >= 0.3 is 0 Å². The van der Waals surface area contributed by atoms with Gasteiger partial charge < -0.3 is 20.6 Å². The summed E-state index contributed by atoms with van der Waals surface area (Å²) in [5.41, 5.74) is -0.388. The molecule has 17 heavy (non-hydrogen) atoms. The second kappa shape index (κ2) is 4.92. The summed E-state index contributed by atoms with van der Waals surface area (Å²) >= 11 is 1.45. The molecule has 2 rings (SSSR count). The molecule has 4 N–H and O–H groups in total. The van der Waals surface area contributed by atoms with Gasteiger partial charge in [0.05, 0.1) is 30.0 Å². The first-order chi connectivity index (χ1) is 8.24. The first kappa shape index (κ1) is 12.2. The number of thiophene rings is 1. The maximum absolute atomic E-state index is 9.24. The van der Waals surface area contributed by atoms with Crippen LogP contribution >= 0.6 is 11.3 Å². The molecule has 0 fully saturated rings. The molecule has 0 unspecified atom stereocenters. The summed E-state index contributed by atoms with van der Waals surface area (Å²) in [5.74, 6) is 0.502. The molecule has 0 saturated carbocycles. The van der Waals surface area contributed by atoms with Crippen LogP contribution in [0.2, 0.25) is 0 Å². The highest BCUT2D eigenvalue weighted by molar-refractivity contribution is 7.17. The van der Waals surface area contributed by atoms with Crippen LogP contribution in [0, 0.1) is 0 Å².